The van der Waals surface area contributed by atoms with Crippen molar-refractivity contribution in [3.8, 4) is 0 Å². The largest absolute Gasteiger partial charge is 0.382 e. The SMILES string of the molecule is CSc1c(N)nsc1N(CC(C)C)CC(C)C. The first-order valence-electron chi connectivity index (χ1n) is 5.99. The van der Waals surface area contributed by atoms with Gasteiger partial charge in [-0.2, -0.15) is 4.37 Å². The van der Waals surface area contributed by atoms with Crippen LogP contribution < -0.4 is 10.6 Å². The van der Waals surface area contributed by atoms with Gasteiger partial charge in [0, 0.05) is 13.1 Å². The van der Waals surface area contributed by atoms with E-state index < -0.39 is 0 Å². The summed E-state index contributed by atoms with van der Waals surface area (Å²) < 4.78 is 4.28. The summed E-state index contributed by atoms with van der Waals surface area (Å²) in [6.07, 6.45) is 2.06. The van der Waals surface area contributed by atoms with Crippen molar-refractivity contribution in [2.45, 2.75) is 32.6 Å². The Labute approximate surface area is 113 Å². The summed E-state index contributed by atoms with van der Waals surface area (Å²) in [5.74, 6) is 1.97. The van der Waals surface area contributed by atoms with E-state index in [-0.39, 0.29) is 0 Å². The molecular formula is C12H23N3S2. The lowest BCUT2D eigenvalue weighted by molar-refractivity contribution is 0.553. The highest BCUT2D eigenvalue weighted by Crippen LogP contribution is 2.38. The minimum Gasteiger partial charge on any atom is -0.382 e. The molecule has 0 aliphatic rings. The van der Waals surface area contributed by atoms with Crippen molar-refractivity contribution in [2.24, 2.45) is 11.8 Å². The Morgan fingerprint density at radius 2 is 1.76 bits per heavy atom. The van der Waals surface area contributed by atoms with Crippen molar-refractivity contribution in [3.05, 3.63) is 0 Å². The number of hydrogen-bond acceptors (Lipinski definition) is 5. The molecule has 5 heteroatoms. The van der Waals surface area contributed by atoms with E-state index in [2.05, 4.69) is 43.2 Å². The third-order valence-electron chi connectivity index (χ3n) is 2.32. The number of anilines is 2. The predicted molar refractivity (Wildman–Crippen MR) is 80.2 cm³/mol. The van der Waals surface area contributed by atoms with Crippen molar-refractivity contribution >= 4 is 34.1 Å². The van der Waals surface area contributed by atoms with Crippen molar-refractivity contribution in [1.82, 2.24) is 4.37 Å². The highest BCUT2D eigenvalue weighted by atomic mass is 32.2. The van der Waals surface area contributed by atoms with E-state index in [1.54, 1.807) is 11.8 Å². The zero-order chi connectivity index (χ0) is 13.0. The molecule has 1 rings (SSSR count). The first-order chi connectivity index (χ1) is 7.95. The maximum absolute atomic E-state index is 5.90. The number of aromatic nitrogens is 1. The van der Waals surface area contributed by atoms with Gasteiger partial charge in [0.15, 0.2) is 5.82 Å². The Morgan fingerprint density at radius 3 is 2.18 bits per heavy atom. The molecule has 98 valence electrons. The van der Waals surface area contributed by atoms with Crippen LogP contribution in [0.15, 0.2) is 4.90 Å². The zero-order valence-corrected chi connectivity index (χ0v) is 13.0. The van der Waals surface area contributed by atoms with Crippen LogP contribution in [0.25, 0.3) is 0 Å². The molecule has 0 fully saturated rings. The van der Waals surface area contributed by atoms with Gasteiger partial charge in [-0.05, 0) is 29.6 Å². The second-order valence-electron chi connectivity index (χ2n) is 5.10. The molecule has 1 aromatic rings. The summed E-state index contributed by atoms with van der Waals surface area (Å²) in [6, 6.07) is 0. The molecule has 0 aromatic carbocycles. The van der Waals surface area contributed by atoms with Gasteiger partial charge in [0.05, 0.1) is 4.90 Å². The summed E-state index contributed by atoms with van der Waals surface area (Å²) in [5.41, 5.74) is 5.90. The molecule has 2 N–H and O–H groups in total. The molecule has 0 bridgehead atoms. The fourth-order valence-electron chi connectivity index (χ4n) is 1.80. The standard InChI is InChI=1S/C12H23N3S2/c1-8(2)6-15(7-9(3)4)12-10(16-5)11(13)14-17-12/h8-9H,6-7H2,1-5H3,(H2,13,14). The van der Waals surface area contributed by atoms with E-state index in [1.165, 1.54) is 16.5 Å². The van der Waals surface area contributed by atoms with E-state index in [0.29, 0.717) is 17.7 Å². The highest BCUT2D eigenvalue weighted by Gasteiger charge is 2.18. The monoisotopic (exact) mass is 273 g/mol. The first kappa shape index (κ1) is 14.6. The summed E-state index contributed by atoms with van der Waals surface area (Å²) >= 11 is 3.22. The number of thioether (sulfide) groups is 1. The Bertz CT molecular complexity index is 338. The molecule has 1 aromatic heterocycles. The van der Waals surface area contributed by atoms with Crippen LogP contribution in [0.3, 0.4) is 0 Å². The topological polar surface area (TPSA) is 42.1 Å². The number of nitrogens with two attached hydrogens (primary N) is 1. The summed E-state index contributed by atoms with van der Waals surface area (Å²) in [7, 11) is 0. The third-order valence-corrected chi connectivity index (χ3v) is 4.18. The van der Waals surface area contributed by atoms with Gasteiger partial charge >= 0.3 is 0 Å². The van der Waals surface area contributed by atoms with E-state index >= 15 is 0 Å². The second kappa shape index (κ2) is 6.50. The van der Waals surface area contributed by atoms with Crippen LogP contribution in [0.2, 0.25) is 0 Å². The van der Waals surface area contributed by atoms with Crippen LogP contribution in [0.4, 0.5) is 10.8 Å². The minimum absolute atomic E-state index is 0.645. The third kappa shape index (κ3) is 4.07. The number of nitrogens with zero attached hydrogens (tertiary/aromatic N) is 2. The smallest absolute Gasteiger partial charge is 0.153 e. The number of hydrogen-bond donors (Lipinski definition) is 1. The summed E-state index contributed by atoms with van der Waals surface area (Å²) in [5, 5.41) is 1.23. The average Bonchev–Trinajstić information content (AvgIpc) is 2.56. The minimum atomic E-state index is 0.645. The van der Waals surface area contributed by atoms with Crippen LogP contribution in [0, 0.1) is 11.8 Å². The maximum Gasteiger partial charge on any atom is 0.153 e. The van der Waals surface area contributed by atoms with Crippen molar-refractivity contribution < 1.29 is 0 Å². The van der Waals surface area contributed by atoms with Crippen molar-refractivity contribution in [1.29, 1.82) is 0 Å². The maximum atomic E-state index is 5.90. The number of rotatable bonds is 6. The average molecular weight is 273 g/mol. The first-order valence-corrected chi connectivity index (χ1v) is 7.99. The molecule has 0 atom stereocenters. The molecule has 1 heterocycles. The molecule has 0 aliphatic carbocycles. The van der Waals surface area contributed by atoms with Crippen LogP contribution in [-0.2, 0) is 0 Å². The van der Waals surface area contributed by atoms with Gasteiger partial charge in [0.25, 0.3) is 0 Å². The molecule has 0 unspecified atom stereocenters. The molecule has 0 saturated heterocycles. The lowest BCUT2D eigenvalue weighted by Crippen LogP contribution is -2.31. The fraction of sp³-hybridized carbons (Fsp3) is 0.750. The Balaban J connectivity index is 2.94. The molecule has 0 aliphatic heterocycles. The van der Waals surface area contributed by atoms with Crippen molar-refractivity contribution in [2.75, 3.05) is 30.0 Å². The molecule has 0 amide bonds. The van der Waals surface area contributed by atoms with Crippen LogP contribution in [-0.4, -0.2) is 23.7 Å². The Kier molecular flexibility index (Phi) is 5.59. The van der Waals surface area contributed by atoms with E-state index in [4.69, 9.17) is 5.73 Å². The van der Waals surface area contributed by atoms with Gasteiger partial charge in [-0.25, -0.2) is 0 Å². The van der Waals surface area contributed by atoms with Gasteiger partial charge in [0.2, 0.25) is 0 Å². The van der Waals surface area contributed by atoms with Gasteiger partial charge < -0.3 is 10.6 Å². The molecule has 17 heavy (non-hydrogen) atoms. The quantitative estimate of drug-likeness (QED) is 0.805. The Morgan fingerprint density at radius 1 is 1.24 bits per heavy atom. The lowest BCUT2D eigenvalue weighted by atomic mass is 10.1. The Hall–Kier alpha value is -0.420. The summed E-state index contributed by atoms with van der Waals surface area (Å²) in [6.45, 7) is 11.1. The predicted octanol–water partition coefficient (Wildman–Crippen LogP) is 3.57. The fourth-order valence-corrected chi connectivity index (χ4v) is 3.51. The normalized spacial score (nSPS) is 11.5. The van der Waals surface area contributed by atoms with Gasteiger partial charge in [-0.15, -0.1) is 11.8 Å². The van der Waals surface area contributed by atoms with E-state index in [0.717, 1.165) is 18.0 Å². The van der Waals surface area contributed by atoms with E-state index in [9.17, 15) is 0 Å². The zero-order valence-electron chi connectivity index (χ0n) is 11.4. The van der Waals surface area contributed by atoms with E-state index in [1.807, 2.05) is 0 Å². The van der Waals surface area contributed by atoms with Crippen LogP contribution in [0.5, 0.6) is 0 Å². The lowest BCUT2D eigenvalue weighted by Gasteiger charge is -2.27. The molecule has 0 radical (unpaired) electrons. The highest BCUT2D eigenvalue weighted by molar-refractivity contribution is 7.99. The van der Waals surface area contributed by atoms with Crippen LogP contribution in [0.1, 0.15) is 27.7 Å². The molecule has 3 nitrogen and oxygen atoms in total. The van der Waals surface area contributed by atoms with Gasteiger partial charge in [0.1, 0.15) is 5.00 Å². The molecule has 0 saturated carbocycles. The molecular weight excluding hydrogens is 250 g/mol. The van der Waals surface area contributed by atoms with Crippen LogP contribution >= 0.6 is 23.3 Å². The molecule has 0 spiro atoms. The second-order valence-corrected chi connectivity index (χ2v) is 6.67. The van der Waals surface area contributed by atoms with Gasteiger partial charge in [-0.3, -0.25) is 0 Å². The van der Waals surface area contributed by atoms with Crippen molar-refractivity contribution in [3.63, 3.8) is 0 Å². The summed E-state index contributed by atoms with van der Waals surface area (Å²) in [4.78, 5) is 3.56. The number of nitrogen functional groups attached to an aromatic ring is 1. The van der Waals surface area contributed by atoms with Gasteiger partial charge in [-0.1, -0.05) is 27.7 Å².